The fourth-order valence-corrected chi connectivity index (χ4v) is 4.94. The highest BCUT2D eigenvalue weighted by Crippen LogP contribution is 2.38. The molecule has 2 aromatic carbocycles. The van der Waals surface area contributed by atoms with Gasteiger partial charge in [-0.3, -0.25) is 9.69 Å². The Morgan fingerprint density at radius 3 is 2.40 bits per heavy atom. The zero-order valence-corrected chi connectivity index (χ0v) is 19.5. The highest BCUT2D eigenvalue weighted by Gasteiger charge is 2.37. The van der Waals surface area contributed by atoms with Crippen molar-refractivity contribution in [2.75, 3.05) is 19.6 Å². The molecule has 1 saturated heterocycles. The lowest BCUT2D eigenvalue weighted by Crippen LogP contribution is -2.37. The lowest BCUT2D eigenvalue weighted by molar-refractivity contribution is -0.134. The van der Waals surface area contributed by atoms with Crippen molar-refractivity contribution in [1.82, 2.24) is 19.7 Å². The third-order valence-electron chi connectivity index (χ3n) is 6.70. The van der Waals surface area contributed by atoms with Gasteiger partial charge in [0.05, 0.1) is 30.2 Å². The van der Waals surface area contributed by atoms with Crippen molar-refractivity contribution in [1.29, 1.82) is 0 Å². The van der Waals surface area contributed by atoms with Gasteiger partial charge in [0.15, 0.2) is 0 Å². The third kappa shape index (κ3) is 4.31. The van der Waals surface area contributed by atoms with E-state index in [1.165, 1.54) is 0 Å². The Hall–Kier alpha value is -3.97. The van der Waals surface area contributed by atoms with E-state index in [0.29, 0.717) is 18.7 Å². The zero-order chi connectivity index (χ0) is 23.6. The Morgan fingerprint density at radius 2 is 1.69 bits per heavy atom. The highest BCUT2D eigenvalue weighted by molar-refractivity contribution is 6.01. The molecule has 4 aromatic rings. The van der Waals surface area contributed by atoms with Crippen LogP contribution in [0.15, 0.2) is 94.8 Å². The third-order valence-corrected chi connectivity index (χ3v) is 6.70. The Bertz CT molecular complexity index is 1320. The summed E-state index contributed by atoms with van der Waals surface area (Å²) in [6, 6.07) is 23.7. The van der Waals surface area contributed by atoms with E-state index in [-0.39, 0.29) is 11.9 Å². The number of furan rings is 1. The molecule has 1 amide bonds. The standard InChI is InChI=1S/C28H27N5O2/c34-27(20-31-15-7-8-16-31)33-25(18-24(29-33)26-14-9-17-35-26)23-19-32(22-12-5-2-6-13-22)30-28(23)21-10-3-1-4-11-21/h1-6,9-14,17,19,25H,7-8,15-16,18,20H2/t25-/m1/s1. The molecule has 0 aliphatic carbocycles. The topological polar surface area (TPSA) is 66.9 Å². The summed E-state index contributed by atoms with van der Waals surface area (Å²) in [5, 5.41) is 11.4. The number of nitrogens with zero attached hydrogens (tertiary/aromatic N) is 5. The molecular weight excluding hydrogens is 438 g/mol. The van der Waals surface area contributed by atoms with Gasteiger partial charge in [-0.1, -0.05) is 48.5 Å². The fraction of sp³-hybridized carbons (Fsp3) is 0.250. The van der Waals surface area contributed by atoms with Crippen molar-refractivity contribution in [3.63, 3.8) is 0 Å². The largest absolute Gasteiger partial charge is 0.463 e. The van der Waals surface area contributed by atoms with Gasteiger partial charge in [0.2, 0.25) is 0 Å². The molecule has 2 aromatic heterocycles. The number of para-hydroxylation sites is 1. The van der Waals surface area contributed by atoms with Crippen LogP contribution in [0.3, 0.4) is 0 Å². The molecule has 176 valence electrons. The molecule has 0 unspecified atom stereocenters. The second kappa shape index (κ2) is 9.35. The fourth-order valence-electron chi connectivity index (χ4n) is 4.94. The van der Waals surface area contributed by atoms with Crippen LogP contribution in [0.5, 0.6) is 0 Å². The van der Waals surface area contributed by atoms with E-state index in [4.69, 9.17) is 14.6 Å². The van der Waals surface area contributed by atoms with Crippen LogP contribution < -0.4 is 0 Å². The molecule has 2 aliphatic rings. The number of aromatic nitrogens is 2. The molecule has 35 heavy (non-hydrogen) atoms. The van der Waals surface area contributed by atoms with E-state index in [1.807, 2.05) is 71.5 Å². The molecule has 0 saturated carbocycles. The Labute approximate surface area is 204 Å². The maximum absolute atomic E-state index is 13.5. The maximum Gasteiger partial charge on any atom is 0.257 e. The number of carbonyl (C=O) groups is 1. The van der Waals surface area contributed by atoms with Crippen molar-refractivity contribution in [2.24, 2.45) is 5.10 Å². The van der Waals surface area contributed by atoms with Crippen LogP contribution in [0.1, 0.15) is 36.6 Å². The van der Waals surface area contributed by atoms with Gasteiger partial charge < -0.3 is 4.42 Å². The second-order valence-corrected chi connectivity index (χ2v) is 9.04. The van der Waals surface area contributed by atoms with Gasteiger partial charge in [-0.25, -0.2) is 9.69 Å². The summed E-state index contributed by atoms with van der Waals surface area (Å²) >= 11 is 0. The summed E-state index contributed by atoms with van der Waals surface area (Å²) in [6.07, 6.45) is 6.53. The van der Waals surface area contributed by atoms with Crippen LogP contribution >= 0.6 is 0 Å². The van der Waals surface area contributed by atoms with Gasteiger partial charge in [-0.15, -0.1) is 0 Å². The van der Waals surface area contributed by atoms with Gasteiger partial charge in [-0.2, -0.15) is 10.2 Å². The normalized spacial score (nSPS) is 18.2. The number of hydrogen-bond acceptors (Lipinski definition) is 5. The number of benzene rings is 2. The quantitative estimate of drug-likeness (QED) is 0.406. The smallest absolute Gasteiger partial charge is 0.257 e. The molecule has 4 heterocycles. The molecule has 0 N–H and O–H groups in total. The molecule has 7 nitrogen and oxygen atoms in total. The van der Waals surface area contributed by atoms with Crippen molar-refractivity contribution in [3.05, 3.63) is 96.6 Å². The van der Waals surface area contributed by atoms with Gasteiger partial charge in [0.1, 0.15) is 11.5 Å². The lowest BCUT2D eigenvalue weighted by Gasteiger charge is -2.24. The summed E-state index contributed by atoms with van der Waals surface area (Å²) in [5.41, 5.74) is 4.59. The van der Waals surface area contributed by atoms with Gasteiger partial charge in [-0.05, 0) is 50.2 Å². The molecule has 0 spiro atoms. The van der Waals surface area contributed by atoms with Crippen LogP contribution in [0.4, 0.5) is 0 Å². The molecule has 7 heteroatoms. The van der Waals surface area contributed by atoms with Gasteiger partial charge >= 0.3 is 0 Å². The summed E-state index contributed by atoms with van der Waals surface area (Å²) in [7, 11) is 0. The Morgan fingerprint density at radius 1 is 0.943 bits per heavy atom. The van der Waals surface area contributed by atoms with E-state index in [2.05, 4.69) is 17.0 Å². The molecule has 2 aliphatic heterocycles. The van der Waals surface area contributed by atoms with Crippen molar-refractivity contribution < 1.29 is 9.21 Å². The number of likely N-dealkylation sites (tertiary alicyclic amines) is 1. The Kier molecular flexibility index (Phi) is 5.76. The van der Waals surface area contributed by atoms with Crippen LogP contribution in [0.2, 0.25) is 0 Å². The summed E-state index contributed by atoms with van der Waals surface area (Å²) in [4.78, 5) is 15.8. The van der Waals surface area contributed by atoms with E-state index >= 15 is 0 Å². The number of hydrogen-bond donors (Lipinski definition) is 0. The van der Waals surface area contributed by atoms with Gasteiger partial charge in [0, 0.05) is 23.7 Å². The van der Waals surface area contributed by atoms with Crippen LogP contribution in [-0.4, -0.2) is 50.9 Å². The van der Waals surface area contributed by atoms with Crippen LogP contribution in [0.25, 0.3) is 16.9 Å². The van der Waals surface area contributed by atoms with E-state index in [1.54, 1.807) is 11.3 Å². The second-order valence-electron chi connectivity index (χ2n) is 9.04. The van der Waals surface area contributed by atoms with E-state index in [0.717, 1.165) is 54.2 Å². The predicted molar refractivity (Wildman–Crippen MR) is 134 cm³/mol. The monoisotopic (exact) mass is 465 g/mol. The number of carbonyl (C=O) groups excluding carboxylic acids is 1. The van der Waals surface area contributed by atoms with Crippen LogP contribution in [-0.2, 0) is 4.79 Å². The van der Waals surface area contributed by atoms with Crippen molar-refractivity contribution >= 4 is 11.6 Å². The average Bonchev–Trinajstić information content (AvgIpc) is 3.71. The van der Waals surface area contributed by atoms with Crippen molar-refractivity contribution in [2.45, 2.75) is 25.3 Å². The van der Waals surface area contributed by atoms with Crippen molar-refractivity contribution in [3.8, 4) is 16.9 Å². The molecule has 1 fully saturated rings. The first kappa shape index (κ1) is 21.6. The average molecular weight is 466 g/mol. The zero-order valence-electron chi connectivity index (χ0n) is 19.5. The Balaban J connectivity index is 1.42. The summed E-state index contributed by atoms with van der Waals surface area (Å²) in [6.45, 7) is 2.29. The first-order valence-corrected chi connectivity index (χ1v) is 12.1. The first-order valence-electron chi connectivity index (χ1n) is 12.1. The van der Waals surface area contributed by atoms with Gasteiger partial charge in [0.25, 0.3) is 5.91 Å². The number of amides is 1. The predicted octanol–water partition coefficient (Wildman–Crippen LogP) is 4.91. The first-order chi connectivity index (χ1) is 17.3. The minimum Gasteiger partial charge on any atom is -0.463 e. The number of hydrazone groups is 1. The highest BCUT2D eigenvalue weighted by atomic mass is 16.3. The molecule has 0 radical (unpaired) electrons. The lowest BCUT2D eigenvalue weighted by atomic mass is 9.98. The van der Waals surface area contributed by atoms with Crippen LogP contribution in [0, 0.1) is 0 Å². The summed E-state index contributed by atoms with van der Waals surface area (Å²) < 4.78 is 7.55. The van der Waals surface area contributed by atoms with E-state index < -0.39 is 0 Å². The minimum absolute atomic E-state index is 0.00456. The molecule has 6 rings (SSSR count). The van der Waals surface area contributed by atoms with E-state index in [9.17, 15) is 4.79 Å². The number of rotatable bonds is 6. The molecule has 0 bridgehead atoms. The minimum atomic E-state index is -0.266. The maximum atomic E-state index is 13.5. The SMILES string of the molecule is O=C(CN1CCCC1)N1N=C(c2ccco2)C[C@@H]1c1cn(-c2ccccc2)nc1-c1ccccc1. The molecule has 1 atom stereocenters. The molecular formula is C28H27N5O2. The summed E-state index contributed by atoms with van der Waals surface area (Å²) in [5.74, 6) is 0.702.